The first kappa shape index (κ1) is 9.67. The van der Waals surface area contributed by atoms with E-state index in [9.17, 15) is 0 Å². The quantitative estimate of drug-likeness (QED) is 0.650. The maximum atomic E-state index is 3.97. The molecular formula is C9H15N4+. The highest BCUT2D eigenvalue weighted by molar-refractivity contribution is 5.50. The van der Waals surface area contributed by atoms with Gasteiger partial charge in [-0.05, 0) is 6.92 Å². The summed E-state index contributed by atoms with van der Waals surface area (Å²) in [6.07, 6.45) is 10.9. The number of nitrogens with one attached hydrogen (secondary N) is 1. The lowest BCUT2D eigenvalue weighted by Gasteiger charge is -2.18. The first-order valence-electron chi connectivity index (χ1n) is 4.26. The highest BCUT2D eigenvalue weighted by Crippen LogP contribution is 2.04. The predicted octanol–water partition coefficient (Wildman–Crippen LogP) is 1.38. The molecule has 70 valence electrons. The fourth-order valence-corrected chi connectivity index (χ4v) is 0.822. The summed E-state index contributed by atoms with van der Waals surface area (Å²) in [5.41, 5.74) is 0. The van der Waals surface area contributed by atoms with Gasteiger partial charge in [-0.25, -0.2) is 9.98 Å². The van der Waals surface area contributed by atoms with E-state index in [2.05, 4.69) is 35.1 Å². The SMILES string of the molecule is CC[N+]1(C)C=CN=C1.c1c[nH]cn1. The Morgan fingerprint density at radius 3 is 2.54 bits per heavy atom. The number of hydrogen-bond donors (Lipinski definition) is 1. The molecule has 4 heteroatoms. The summed E-state index contributed by atoms with van der Waals surface area (Å²) in [4.78, 5) is 10.4. The standard InChI is InChI=1S/C6H11N2.C3H4N2/c1-3-8(2)5-4-7-6-8;1-2-5-3-4-1/h4-6H,3H2,1-2H3;1-3H,(H,4,5)/q+1;. The number of H-pyrrole nitrogens is 1. The molecule has 0 amide bonds. The van der Waals surface area contributed by atoms with Gasteiger partial charge < -0.3 is 4.98 Å². The van der Waals surface area contributed by atoms with Crippen LogP contribution in [0.1, 0.15) is 6.92 Å². The van der Waals surface area contributed by atoms with Crippen molar-refractivity contribution in [3.05, 3.63) is 31.1 Å². The van der Waals surface area contributed by atoms with Gasteiger partial charge in [-0.1, -0.05) is 0 Å². The number of nitrogens with zero attached hydrogens (tertiary/aromatic N) is 3. The van der Waals surface area contributed by atoms with Crippen molar-refractivity contribution in [1.29, 1.82) is 0 Å². The van der Waals surface area contributed by atoms with Crippen LogP contribution in [0.5, 0.6) is 0 Å². The lowest BCUT2D eigenvalue weighted by molar-refractivity contribution is -0.753. The highest BCUT2D eigenvalue weighted by atomic mass is 15.3. The molecule has 1 atom stereocenters. The molecule has 1 aliphatic rings. The fourth-order valence-electron chi connectivity index (χ4n) is 0.822. The van der Waals surface area contributed by atoms with Gasteiger partial charge >= 0.3 is 0 Å². The molecule has 0 fully saturated rings. The first-order chi connectivity index (χ1) is 6.27. The number of hydrogen-bond acceptors (Lipinski definition) is 2. The average Bonchev–Trinajstić information content (AvgIpc) is 2.77. The van der Waals surface area contributed by atoms with E-state index in [-0.39, 0.29) is 0 Å². The molecule has 1 aromatic heterocycles. The zero-order valence-corrected chi connectivity index (χ0v) is 8.01. The lowest BCUT2D eigenvalue weighted by atomic mass is 10.5. The number of aromatic nitrogens is 2. The van der Waals surface area contributed by atoms with Crippen molar-refractivity contribution in [1.82, 2.24) is 9.97 Å². The monoisotopic (exact) mass is 179 g/mol. The Morgan fingerprint density at radius 1 is 1.46 bits per heavy atom. The summed E-state index contributed by atoms with van der Waals surface area (Å²) in [7, 11) is 2.12. The van der Waals surface area contributed by atoms with Crippen LogP contribution < -0.4 is 0 Å². The van der Waals surface area contributed by atoms with Crippen LogP contribution in [0.15, 0.2) is 36.1 Å². The average molecular weight is 179 g/mol. The highest BCUT2D eigenvalue weighted by Gasteiger charge is 2.14. The second-order valence-corrected chi connectivity index (χ2v) is 2.99. The van der Waals surface area contributed by atoms with Gasteiger partial charge in [0.2, 0.25) is 0 Å². The topological polar surface area (TPSA) is 41.0 Å². The molecule has 1 aromatic rings. The van der Waals surface area contributed by atoms with Crippen LogP contribution in [0.3, 0.4) is 0 Å². The van der Waals surface area contributed by atoms with Crippen molar-refractivity contribution >= 4 is 6.34 Å². The van der Waals surface area contributed by atoms with Gasteiger partial charge in [0.1, 0.15) is 6.20 Å². The van der Waals surface area contributed by atoms with E-state index in [1.165, 1.54) is 0 Å². The molecule has 0 spiro atoms. The molecule has 1 unspecified atom stereocenters. The zero-order chi connectivity index (χ0) is 9.57. The van der Waals surface area contributed by atoms with Crippen molar-refractivity contribution in [2.24, 2.45) is 4.99 Å². The Morgan fingerprint density at radius 2 is 2.31 bits per heavy atom. The molecule has 0 aromatic carbocycles. The molecule has 2 heterocycles. The summed E-state index contributed by atoms with van der Waals surface area (Å²) in [6, 6.07) is 0. The van der Waals surface area contributed by atoms with Gasteiger partial charge in [0.25, 0.3) is 0 Å². The number of imidazole rings is 1. The Hall–Kier alpha value is -1.42. The largest absolute Gasteiger partial charge is 0.351 e. The second kappa shape index (κ2) is 4.57. The molecule has 0 saturated heterocycles. The van der Waals surface area contributed by atoms with Gasteiger partial charge in [0, 0.05) is 12.4 Å². The third kappa shape index (κ3) is 3.21. The number of quaternary nitrogens is 1. The smallest absolute Gasteiger partial charge is 0.194 e. The molecule has 0 bridgehead atoms. The normalized spacial score (nSPS) is 24.2. The Labute approximate surface area is 78.2 Å². The summed E-state index contributed by atoms with van der Waals surface area (Å²) in [5, 5.41) is 0. The second-order valence-electron chi connectivity index (χ2n) is 2.99. The fraction of sp³-hybridized carbons (Fsp3) is 0.333. The van der Waals surface area contributed by atoms with Crippen LogP contribution in [0.25, 0.3) is 0 Å². The minimum absolute atomic E-state index is 0.847. The van der Waals surface area contributed by atoms with E-state index in [1.54, 1.807) is 18.7 Å². The van der Waals surface area contributed by atoms with E-state index in [1.807, 2.05) is 12.5 Å². The zero-order valence-electron chi connectivity index (χ0n) is 8.01. The van der Waals surface area contributed by atoms with E-state index < -0.39 is 0 Å². The lowest BCUT2D eigenvalue weighted by Crippen LogP contribution is -2.33. The first-order valence-corrected chi connectivity index (χ1v) is 4.26. The van der Waals surface area contributed by atoms with Crippen molar-refractivity contribution in [3.8, 4) is 0 Å². The van der Waals surface area contributed by atoms with E-state index >= 15 is 0 Å². The number of rotatable bonds is 1. The molecule has 0 radical (unpaired) electrons. The summed E-state index contributed by atoms with van der Waals surface area (Å²) >= 11 is 0. The van der Waals surface area contributed by atoms with Crippen LogP contribution in [0.2, 0.25) is 0 Å². The third-order valence-electron chi connectivity index (χ3n) is 1.91. The van der Waals surface area contributed by atoms with Crippen LogP contribution in [0, 0.1) is 0 Å². The number of aromatic amines is 1. The summed E-state index contributed by atoms with van der Waals surface area (Å²) < 4.78 is 0.847. The van der Waals surface area contributed by atoms with Gasteiger partial charge in [0.15, 0.2) is 6.34 Å². The van der Waals surface area contributed by atoms with E-state index in [4.69, 9.17) is 0 Å². The molecule has 0 aliphatic carbocycles. The van der Waals surface area contributed by atoms with Gasteiger partial charge in [-0.15, -0.1) is 0 Å². The molecule has 1 N–H and O–H groups in total. The minimum atomic E-state index is 0.847. The van der Waals surface area contributed by atoms with Gasteiger partial charge in [0.05, 0.1) is 26.1 Å². The molecule has 0 saturated carbocycles. The number of aliphatic imine (C=N–C) groups is 1. The molecule has 1 aliphatic heterocycles. The third-order valence-corrected chi connectivity index (χ3v) is 1.91. The van der Waals surface area contributed by atoms with Crippen molar-refractivity contribution in [2.75, 3.05) is 13.6 Å². The van der Waals surface area contributed by atoms with E-state index in [0.29, 0.717) is 0 Å². The Kier molecular flexibility index (Phi) is 3.40. The van der Waals surface area contributed by atoms with Crippen molar-refractivity contribution in [3.63, 3.8) is 0 Å². The Bertz CT molecular complexity index is 245. The maximum absolute atomic E-state index is 3.97. The molecule has 13 heavy (non-hydrogen) atoms. The molecular weight excluding hydrogens is 164 g/mol. The molecule has 4 nitrogen and oxygen atoms in total. The van der Waals surface area contributed by atoms with Crippen LogP contribution in [-0.2, 0) is 0 Å². The van der Waals surface area contributed by atoms with Crippen molar-refractivity contribution < 1.29 is 4.48 Å². The predicted molar refractivity (Wildman–Crippen MR) is 52.9 cm³/mol. The molecule has 2 rings (SSSR count). The van der Waals surface area contributed by atoms with E-state index in [0.717, 1.165) is 11.0 Å². The van der Waals surface area contributed by atoms with Crippen LogP contribution in [-0.4, -0.2) is 34.4 Å². The van der Waals surface area contributed by atoms with Gasteiger partial charge in [-0.2, -0.15) is 0 Å². The minimum Gasteiger partial charge on any atom is -0.351 e. The van der Waals surface area contributed by atoms with Gasteiger partial charge in [-0.3, -0.25) is 4.48 Å². The van der Waals surface area contributed by atoms with Crippen LogP contribution >= 0.6 is 0 Å². The van der Waals surface area contributed by atoms with Crippen molar-refractivity contribution in [2.45, 2.75) is 6.92 Å². The van der Waals surface area contributed by atoms with Crippen LogP contribution in [0.4, 0.5) is 0 Å². The summed E-state index contributed by atoms with van der Waals surface area (Å²) in [5.74, 6) is 0. The summed E-state index contributed by atoms with van der Waals surface area (Å²) in [6.45, 7) is 3.22. The maximum Gasteiger partial charge on any atom is 0.194 e. The Balaban J connectivity index is 0.000000145.